The lowest BCUT2D eigenvalue weighted by Crippen LogP contribution is -2.50. The molecule has 1 aliphatic rings. The maximum atomic E-state index is 11.8. The third kappa shape index (κ3) is 3.41. The number of likely N-dealkylation sites (tertiary alicyclic amines) is 1. The molecule has 0 bridgehead atoms. The van der Waals surface area contributed by atoms with Crippen LogP contribution in [-0.4, -0.2) is 57.8 Å². The third-order valence-electron chi connectivity index (χ3n) is 2.91. The summed E-state index contributed by atoms with van der Waals surface area (Å²) < 4.78 is 0. The second kappa shape index (κ2) is 5.46. The first-order valence-corrected chi connectivity index (χ1v) is 5.80. The fraction of sp³-hybridized carbons (Fsp3) is 0.818. The highest BCUT2D eigenvalue weighted by Gasteiger charge is 2.40. The Morgan fingerprint density at radius 3 is 2.41 bits per heavy atom. The predicted octanol–water partition coefficient (Wildman–Crippen LogP) is -0.581. The number of carboxylic acids is 1. The molecule has 3 N–H and O–H groups in total. The molecule has 3 atom stereocenters. The molecule has 0 aliphatic carbocycles. The standard InChI is InChI=1S/C11H20N2O4/c1-6(2)12-10(15)7(3)13-5-8(14)4-9(13)11(16)17/h6-9,14H,4-5H2,1-3H3,(H,12,15)(H,16,17). The molecule has 1 heterocycles. The van der Waals surface area contributed by atoms with Crippen molar-refractivity contribution in [1.29, 1.82) is 0 Å². The number of β-amino-alcohol motifs (C(OH)–C–C–N with tert-alkyl or cyclic N) is 1. The lowest BCUT2D eigenvalue weighted by Gasteiger charge is -2.27. The largest absolute Gasteiger partial charge is 0.480 e. The molecular weight excluding hydrogens is 224 g/mol. The molecule has 0 aromatic heterocycles. The lowest BCUT2D eigenvalue weighted by molar-refractivity contribution is -0.143. The highest BCUT2D eigenvalue weighted by molar-refractivity contribution is 5.83. The summed E-state index contributed by atoms with van der Waals surface area (Å²) >= 11 is 0. The van der Waals surface area contributed by atoms with Crippen LogP contribution in [-0.2, 0) is 9.59 Å². The molecular formula is C11H20N2O4. The Kier molecular flexibility index (Phi) is 4.47. The number of rotatable bonds is 4. The van der Waals surface area contributed by atoms with E-state index < -0.39 is 24.2 Å². The van der Waals surface area contributed by atoms with Crippen molar-refractivity contribution in [1.82, 2.24) is 10.2 Å². The van der Waals surface area contributed by atoms with E-state index in [2.05, 4.69) is 5.32 Å². The number of aliphatic hydroxyl groups excluding tert-OH is 1. The van der Waals surface area contributed by atoms with Gasteiger partial charge in [0.15, 0.2) is 0 Å². The van der Waals surface area contributed by atoms with Crippen LogP contribution in [0.3, 0.4) is 0 Å². The second-order valence-electron chi connectivity index (χ2n) is 4.78. The average molecular weight is 244 g/mol. The van der Waals surface area contributed by atoms with Crippen molar-refractivity contribution in [3.63, 3.8) is 0 Å². The van der Waals surface area contributed by atoms with Crippen molar-refractivity contribution >= 4 is 11.9 Å². The van der Waals surface area contributed by atoms with Crippen LogP contribution in [0.1, 0.15) is 27.2 Å². The van der Waals surface area contributed by atoms with Crippen LogP contribution in [0.2, 0.25) is 0 Å². The molecule has 1 saturated heterocycles. The summed E-state index contributed by atoms with van der Waals surface area (Å²) in [4.78, 5) is 24.3. The van der Waals surface area contributed by atoms with E-state index in [9.17, 15) is 14.7 Å². The number of hydrogen-bond donors (Lipinski definition) is 3. The molecule has 3 unspecified atom stereocenters. The summed E-state index contributed by atoms with van der Waals surface area (Å²) in [6.45, 7) is 5.57. The zero-order valence-electron chi connectivity index (χ0n) is 10.4. The minimum absolute atomic E-state index is 0.0146. The zero-order valence-corrected chi connectivity index (χ0v) is 10.4. The summed E-state index contributed by atoms with van der Waals surface area (Å²) in [5.74, 6) is -1.20. The fourth-order valence-corrected chi connectivity index (χ4v) is 2.06. The minimum atomic E-state index is -0.995. The smallest absolute Gasteiger partial charge is 0.321 e. The molecule has 1 fully saturated rings. The normalized spacial score (nSPS) is 27.1. The van der Waals surface area contributed by atoms with Crippen molar-refractivity contribution in [2.75, 3.05) is 6.54 Å². The molecule has 1 amide bonds. The number of aliphatic hydroxyl groups is 1. The number of nitrogens with zero attached hydrogens (tertiary/aromatic N) is 1. The molecule has 0 spiro atoms. The van der Waals surface area contributed by atoms with Crippen molar-refractivity contribution in [2.45, 2.75) is 51.4 Å². The predicted molar refractivity (Wildman–Crippen MR) is 61.5 cm³/mol. The van der Waals surface area contributed by atoms with Crippen molar-refractivity contribution in [2.24, 2.45) is 0 Å². The van der Waals surface area contributed by atoms with Gasteiger partial charge in [0.05, 0.1) is 12.1 Å². The van der Waals surface area contributed by atoms with Crippen LogP contribution < -0.4 is 5.32 Å². The Bertz CT molecular complexity index is 306. The van der Waals surface area contributed by atoms with Crippen molar-refractivity contribution < 1.29 is 19.8 Å². The molecule has 0 saturated carbocycles. The van der Waals surface area contributed by atoms with Gasteiger partial charge in [0.25, 0.3) is 0 Å². The number of carbonyl (C=O) groups is 2. The molecule has 17 heavy (non-hydrogen) atoms. The average Bonchev–Trinajstić information content (AvgIpc) is 2.58. The van der Waals surface area contributed by atoms with Crippen LogP contribution in [0.4, 0.5) is 0 Å². The Balaban J connectivity index is 2.70. The summed E-state index contributed by atoms with van der Waals surface area (Å²) in [5.41, 5.74) is 0. The molecule has 0 radical (unpaired) electrons. The van der Waals surface area contributed by atoms with E-state index in [0.717, 1.165) is 0 Å². The maximum Gasteiger partial charge on any atom is 0.321 e. The Hall–Kier alpha value is -1.14. The Morgan fingerprint density at radius 2 is 1.94 bits per heavy atom. The van der Waals surface area contributed by atoms with E-state index in [1.165, 1.54) is 4.90 Å². The number of hydrogen-bond acceptors (Lipinski definition) is 4. The van der Waals surface area contributed by atoms with Crippen LogP contribution in [0.15, 0.2) is 0 Å². The molecule has 0 aromatic rings. The van der Waals surface area contributed by atoms with Gasteiger partial charge in [-0.05, 0) is 20.8 Å². The molecule has 0 aromatic carbocycles. The van der Waals surface area contributed by atoms with Crippen LogP contribution in [0.25, 0.3) is 0 Å². The lowest BCUT2D eigenvalue weighted by atomic mass is 10.1. The van der Waals surface area contributed by atoms with E-state index in [-0.39, 0.29) is 24.9 Å². The fourth-order valence-electron chi connectivity index (χ4n) is 2.06. The molecule has 1 rings (SSSR count). The number of carbonyl (C=O) groups excluding carboxylic acids is 1. The Morgan fingerprint density at radius 1 is 1.35 bits per heavy atom. The van der Waals surface area contributed by atoms with Gasteiger partial charge in [-0.15, -0.1) is 0 Å². The van der Waals surface area contributed by atoms with Gasteiger partial charge < -0.3 is 15.5 Å². The van der Waals surface area contributed by atoms with Crippen LogP contribution >= 0.6 is 0 Å². The van der Waals surface area contributed by atoms with Crippen molar-refractivity contribution in [3.05, 3.63) is 0 Å². The van der Waals surface area contributed by atoms with E-state index in [1.54, 1.807) is 6.92 Å². The van der Waals surface area contributed by atoms with E-state index in [0.29, 0.717) is 0 Å². The number of aliphatic carboxylic acids is 1. The third-order valence-corrected chi connectivity index (χ3v) is 2.91. The quantitative estimate of drug-likeness (QED) is 0.615. The maximum absolute atomic E-state index is 11.8. The number of amides is 1. The monoisotopic (exact) mass is 244 g/mol. The van der Waals surface area contributed by atoms with Gasteiger partial charge in [-0.1, -0.05) is 0 Å². The number of carboxylic acid groups (broad SMARTS) is 1. The zero-order chi connectivity index (χ0) is 13.2. The van der Waals surface area contributed by atoms with Crippen LogP contribution in [0.5, 0.6) is 0 Å². The topological polar surface area (TPSA) is 89.9 Å². The summed E-state index contributed by atoms with van der Waals surface area (Å²) in [6.07, 6.45) is -0.500. The van der Waals surface area contributed by atoms with Crippen molar-refractivity contribution in [3.8, 4) is 0 Å². The molecule has 98 valence electrons. The SMILES string of the molecule is CC(C)NC(=O)C(C)N1CC(O)CC1C(=O)O. The first kappa shape index (κ1) is 13.9. The minimum Gasteiger partial charge on any atom is -0.480 e. The van der Waals surface area contributed by atoms with E-state index >= 15 is 0 Å². The molecule has 6 nitrogen and oxygen atoms in total. The van der Waals surface area contributed by atoms with Gasteiger partial charge >= 0.3 is 5.97 Å². The molecule has 6 heteroatoms. The van der Waals surface area contributed by atoms with Gasteiger partial charge in [0, 0.05) is 19.0 Å². The second-order valence-corrected chi connectivity index (χ2v) is 4.78. The van der Waals surface area contributed by atoms with Crippen LogP contribution in [0, 0.1) is 0 Å². The van der Waals surface area contributed by atoms with Gasteiger partial charge in [-0.25, -0.2) is 0 Å². The highest BCUT2D eigenvalue weighted by atomic mass is 16.4. The molecule has 1 aliphatic heterocycles. The summed E-state index contributed by atoms with van der Waals surface area (Å²) in [5, 5.41) is 21.3. The van der Waals surface area contributed by atoms with Gasteiger partial charge in [-0.3, -0.25) is 14.5 Å². The summed E-state index contributed by atoms with van der Waals surface area (Å²) in [7, 11) is 0. The van der Waals surface area contributed by atoms with Gasteiger partial charge in [0.1, 0.15) is 6.04 Å². The number of nitrogens with one attached hydrogen (secondary N) is 1. The first-order valence-electron chi connectivity index (χ1n) is 5.80. The van der Waals surface area contributed by atoms with E-state index in [4.69, 9.17) is 5.11 Å². The van der Waals surface area contributed by atoms with Gasteiger partial charge in [-0.2, -0.15) is 0 Å². The summed E-state index contributed by atoms with van der Waals surface area (Å²) in [6, 6.07) is -1.31. The Labute approximate surface area is 101 Å². The first-order chi connectivity index (χ1) is 7.82. The highest BCUT2D eigenvalue weighted by Crippen LogP contribution is 2.21. The van der Waals surface area contributed by atoms with E-state index in [1.807, 2.05) is 13.8 Å². The van der Waals surface area contributed by atoms with Gasteiger partial charge in [0.2, 0.25) is 5.91 Å².